The Kier molecular flexibility index (Phi) is 7.67. The normalized spacial score (nSPS) is 14.4. The maximum absolute atomic E-state index is 8.97. The van der Waals surface area contributed by atoms with E-state index in [1.165, 1.54) is 37.7 Å². The Morgan fingerprint density at radius 2 is 1.69 bits per heavy atom. The van der Waals surface area contributed by atoms with Crippen molar-refractivity contribution in [2.75, 3.05) is 17.2 Å². The van der Waals surface area contributed by atoms with Crippen molar-refractivity contribution in [3.05, 3.63) is 54.1 Å². The number of benzene rings is 2. The van der Waals surface area contributed by atoms with Gasteiger partial charge in [0.25, 0.3) is 0 Å². The molecular formula is C23H29ClN4O. The molecule has 1 aliphatic rings. The monoisotopic (exact) mass is 412 g/mol. The Bertz CT molecular complexity index is 910. The van der Waals surface area contributed by atoms with Crippen molar-refractivity contribution in [2.24, 2.45) is 0 Å². The zero-order chi connectivity index (χ0) is 19.2. The minimum atomic E-state index is 0. The Morgan fingerprint density at radius 3 is 2.45 bits per heavy atom. The number of aliphatic hydroxyl groups excluding tert-OH is 1. The van der Waals surface area contributed by atoms with Gasteiger partial charge in [-0.2, -0.15) is 4.98 Å². The van der Waals surface area contributed by atoms with Crippen LogP contribution < -0.4 is 10.6 Å². The van der Waals surface area contributed by atoms with E-state index in [9.17, 15) is 0 Å². The molecule has 154 valence electrons. The summed E-state index contributed by atoms with van der Waals surface area (Å²) in [6, 6.07) is 16.9. The summed E-state index contributed by atoms with van der Waals surface area (Å²) in [4.78, 5) is 9.50. The van der Waals surface area contributed by atoms with Gasteiger partial charge in [-0.3, -0.25) is 0 Å². The second-order valence-corrected chi connectivity index (χ2v) is 7.54. The molecule has 6 heteroatoms. The number of nitrogens with zero attached hydrogens (tertiary/aromatic N) is 2. The molecule has 1 saturated carbocycles. The van der Waals surface area contributed by atoms with Gasteiger partial charge in [0.1, 0.15) is 5.82 Å². The molecule has 1 fully saturated rings. The van der Waals surface area contributed by atoms with Crippen LogP contribution in [0, 0.1) is 0 Å². The third-order valence-corrected chi connectivity index (χ3v) is 5.38. The summed E-state index contributed by atoms with van der Waals surface area (Å²) in [5, 5.41) is 17.1. The Hall–Kier alpha value is -2.37. The van der Waals surface area contributed by atoms with Gasteiger partial charge < -0.3 is 15.7 Å². The molecule has 0 saturated heterocycles. The molecular weight excluding hydrogens is 384 g/mol. The largest absolute Gasteiger partial charge is 0.396 e. The van der Waals surface area contributed by atoms with E-state index in [0.29, 0.717) is 12.0 Å². The number of aryl methyl sites for hydroxylation is 1. The average Bonchev–Trinajstić information content (AvgIpc) is 2.74. The van der Waals surface area contributed by atoms with Gasteiger partial charge in [0.05, 0.1) is 5.52 Å². The van der Waals surface area contributed by atoms with Gasteiger partial charge in [0.2, 0.25) is 5.95 Å². The maximum Gasteiger partial charge on any atom is 0.229 e. The molecule has 29 heavy (non-hydrogen) atoms. The van der Waals surface area contributed by atoms with Gasteiger partial charge in [-0.05, 0) is 55.5 Å². The molecule has 3 aromatic rings. The van der Waals surface area contributed by atoms with Crippen molar-refractivity contribution in [1.29, 1.82) is 0 Å². The second-order valence-electron chi connectivity index (χ2n) is 7.54. The second kappa shape index (κ2) is 10.4. The fraction of sp³-hybridized carbons (Fsp3) is 0.391. The van der Waals surface area contributed by atoms with Crippen LogP contribution in [0.3, 0.4) is 0 Å². The number of fused-ring (bicyclic) bond motifs is 1. The fourth-order valence-corrected chi connectivity index (χ4v) is 3.85. The molecule has 2 aromatic carbocycles. The molecule has 0 atom stereocenters. The number of rotatable bonds is 7. The van der Waals surface area contributed by atoms with E-state index in [2.05, 4.69) is 28.8 Å². The predicted octanol–water partition coefficient (Wildman–Crippen LogP) is 5.46. The van der Waals surface area contributed by atoms with Crippen molar-refractivity contribution in [3.63, 3.8) is 0 Å². The Morgan fingerprint density at radius 1 is 0.931 bits per heavy atom. The van der Waals surface area contributed by atoms with Crippen LogP contribution in [-0.4, -0.2) is 27.7 Å². The summed E-state index contributed by atoms with van der Waals surface area (Å²) < 4.78 is 0. The number of nitrogens with one attached hydrogen (secondary N) is 2. The number of hydrogen-bond donors (Lipinski definition) is 3. The highest BCUT2D eigenvalue weighted by Crippen LogP contribution is 2.27. The van der Waals surface area contributed by atoms with E-state index >= 15 is 0 Å². The first kappa shape index (κ1) is 21.3. The van der Waals surface area contributed by atoms with Crippen LogP contribution in [0.4, 0.5) is 17.5 Å². The van der Waals surface area contributed by atoms with Gasteiger partial charge in [-0.25, -0.2) is 4.98 Å². The van der Waals surface area contributed by atoms with E-state index in [4.69, 9.17) is 15.1 Å². The molecule has 0 aliphatic heterocycles. The first-order valence-corrected chi connectivity index (χ1v) is 10.3. The SMILES string of the molecule is Cl.OCCCc1ccc(Nc2nc(NC3CCCCC3)c3ccccc3n2)cc1. The molecule has 4 rings (SSSR count). The molecule has 0 unspecified atom stereocenters. The van der Waals surface area contributed by atoms with Gasteiger partial charge >= 0.3 is 0 Å². The molecule has 5 nitrogen and oxygen atoms in total. The van der Waals surface area contributed by atoms with Gasteiger partial charge in [0.15, 0.2) is 0 Å². The highest BCUT2D eigenvalue weighted by atomic mass is 35.5. The lowest BCUT2D eigenvalue weighted by atomic mass is 9.95. The van der Waals surface area contributed by atoms with Crippen LogP contribution in [0.2, 0.25) is 0 Å². The van der Waals surface area contributed by atoms with E-state index < -0.39 is 0 Å². The van der Waals surface area contributed by atoms with E-state index in [1.54, 1.807) is 0 Å². The summed E-state index contributed by atoms with van der Waals surface area (Å²) in [5.41, 5.74) is 3.13. The number of halogens is 1. The Labute approximate surface area is 178 Å². The van der Waals surface area contributed by atoms with E-state index in [0.717, 1.165) is 35.2 Å². The minimum Gasteiger partial charge on any atom is -0.396 e. The van der Waals surface area contributed by atoms with Crippen LogP contribution >= 0.6 is 12.4 Å². The van der Waals surface area contributed by atoms with Crippen molar-refractivity contribution >= 4 is 40.8 Å². The van der Waals surface area contributed by atoms with Crippen molar-refractivity contribution in [2.45, 2.75) is 51.0 Å². The van der Waals surface area contributed by atoms with Gasteiger partial charge in [-0.15, -0.1) is 12.4 Å². The first-order valence-electron chi connectivity index (χ1n) is 10.3. The molecule has 0 bridgehead atoms. The summed E-state index contributed by atoms with van der Waals surface area (Å²) in [7, 11) is 0. The minimum absolute atomic E-state index is 0. The predicted molar refractivity (Wildman–Crippen MR) is 122 cm³/mol. The summed E-state index contributed by atoms with van der Waals surface area (Å²) in [6.07, 6.45) is 7.99. The highest BCUT2D eigenvalue weighted by Gasteiger charge is 2.16. The molecule has 0 radical (unpaired) electrons. The van der Waals surface area contributed by atoms with Crippen molar-refractivity contribution in [3.8, 4) is 0 Å². The van der Waals surface area contributed by atoms with Crippen LogP contribution in [0.1, 0.15) is 44.1 Å². The molecule has 1 aliphatic carbocycles. The lowest BCUT2D eigenvalue weighted by Crippen LogP contribution is -2.23. The van der Waals surface area contributed by atoms with Crippen molar-refractivity contribution in [1.82, 2.24) is 9.97 Å². The molecule has 3 N–H and O–H groups in total. The lowest BCUT2D eigenvalue weighted by molar-refractivity contribution is 0.288. The van der Waals surface area contributed by atoms with Crippen LogP contribution in [0.15, 0.2) is 48.5 Å². The first-order chi connectivity index (χ1) is 13.8. The number of aromatic nitrogens is 2. The lowest BCUT2D eigenvalue weighted by Gasteiger charge is -2.24. The number of anilines is 3. The third-order valence-electron chi connectivity index (χ3n) is 5.38. The van der Waals surface area contributed by atoms with Crippen LogP contribution in [0.5, 0.6) is 0 Å². The smallest absolute Gasteiger partial charge is 0.229 e. The molecule has 1 aromatic heterocycles. The number of para-hydroxylation sites is 1. The van der Waals surface area contributed by atoms with E-state index in [1.807, 2.05) is 30.3 Å². The average molecular weight is 413 g/mol. The van der Waals surface area contributed by atoms with Crippen molar-refractivity contribution < 1.29 is 5.11 Å². The zero-order valence-electron chi connectivity index (χ0n) is 16.6. The summed E-state index contributed by atoms with van der Waals surface area (Å²) >= 11 is 0. The highest BCUT2D eigenvalue weighted by molar-refractivity contribution is 5.90. The standard InChI is InChI=1S/C23H28N4O.ClH/c28-16-6-7-17-12-14-19(15-13-17)25-23-26-21-11-5-4-10-20(21)22(27-23)24-18-8-2-1-3-9-18;/h4-5,10-15,18,28H,1-3,6-9,16H2,(H2,24,25,26,27);1H. The third kappa shape index (κ3) is 5.58. The molecule has 1 heterocycles. The zero-order valence-corrected chi connectivity index (χ0v) is 17.4. The van der Waals surface area contributed by atoms with Crippen LogP contribution in [-0.2, 0) is 6.42 Å². The van der Waals surface area contributed by atoms with Crippen LogP contribution in [0.25, 0.3) is 10.9 Å². The summed E-state index contributed by atoms with van der Waals surface area (Å²) in [6.45, 7) is 0.224. The summed E-state index contributed by atoms with van der Waals surface area (Å²) in [5.74, 6) is 1.53. The quantitative estimate of drug-likeness (QED) is 0.480. The molecule has 0 spiro atoms. The topological polar surface area (TPSA) is 70.1 Å². The molecule has 0 amide bonds. The van der Waals surface area contributed by atoms with Gasteiger partial charge in [0, 0.05) is 23.7 Å². The number of aliphatic hydroxyl groups is 1. The number of hydrogen-bond acceptors (Lipinski definition) is 5. The maximum atomic E-state index is 8.97. The van der Waals surface area contributed by atoms with E-state index in [-0.39, 0.29) is 19.0 Å². The Balaban J connectivity index is 0.00000240. The van der Waals surface area contributed by atoms with Gasteiger partial charge in [-0.1, -0.05) is 43.5 Å². The fourth-order valence-electron chi connectivity index (χ4n) is 3.85.